The Labute approximate surface area is 119 Å². The van der Waals surface area contributed by atoms with Crippen molar-refractivity contribution in [1.29, 1.82) is 0 Å². The van der Waals surface area contributed by atoms with Crippen LogP contribution in [0.3, 0.4) is 0 Å². The first-order chi connectivity index (χ1) is 8.07. The van der Waals surface area contributed by atoms with Crippen LogP contribution in [-0.2, 0) is 9.84 Å². The minimum atomic E-state index is -3.09. The molecule has 1 saturated heterocycles. The molecule has 0 atom stereocenters. The molecule has 1 heterocycles. The number of benzene rings is 1. The lowest BCUT2D eigenvalue weighted by Gasteiger charge is -2.22. The zero-order valence-corrected chi connectivity index (χ0v) is 13.0. The highest BCUT2D eigenvalue weighted by Gasteiger charge is 2.11. The summed E-state index contributed by atoms with van der Waals surface area (Å²) in [6, 6.07) is 7.15. The Morgan fingerprint density at radius 2 is 1.78 bits per heavy atom. The van der Waals surface area contributed by atoms with Gasteiger partial charge in [-0.1, -0.05) is 0 Å². The van der Waals surface area contributed by atoms with Crippen LogP contribution in [0, 0.1) is 0 Å². The van der Waals surface area contributed by atoms with Crippen LogP contribution in [0.25, 0.3) is 0 Å². The molecule has 4 nitrogen and oxygen atoms in total. The van der Waals surface area contributed by atoms with E-state index in [-0.39, 0.29) is 17.0 Å². The number of hydrogen-bond donors (Lipinski definition) is 1. The summed E-state index contributed by atoms with van der Waals surface area (Å²) in [5.74, 6) is 0. The molecule has 18 heavy (non-hydrogen) atoms. The fourth-order valence-corrected chi connectivity index (χ4v) is 2.64. The molecule has 0 unspecified atom stereocenters. The topological polar surface area (TPSA) is 49.4 Å². The summed E-state index contributed by atoms with van der Waals surface area (Å²) in [4.78, 5) is 2.67. The second kappa shape index (κ2) is 6.54. The predicted molar refractivity (Wildman–Crippen MR) is 79.6 cm³/mol. The lowest BCUT2D eigenvalue weighted by Crippen LogP contribution is -2.27. The van der Waals surface area contributed by atoms with E-state index in [1.165, 1.54) is 6.26 Å². The summed E-state index contributed by atoms with van der Waals surface area (Å²) in [5, 5.41) is 3.35. The number of halogens is 1. The fraction of sp³-hybridized carbons (Fsp3) is 0.500. The molecular weight excluding hydrogens is 316 g/mol. The van der Waals surface area contributed by atoms with Gasteiger partial charge in [-0.3, -0.25) is 0 Å². The third-order valence-corrected chi connectivity index (χ3v) is 4.10. The molecule has 0 bridgehead atoms. The van der Waals surface area contributed by atoms with Crippen LogP contribution in [0.4, 0.5) is 5.69 Å². The van der Waals surface area contributed by atoms with Crippen molar-refractivity contribution in [1.82, 2.24) is 5.32 Å². The Kier molecular flexibility index (Phi) is 5.62. The number of hydrogen-bond acceptors (Lipinski definition) is 4. The van der Waals surface area contributed by atoms with E-state index in [1.54, 1.807) is 12.1 Å². The third kappa shape index (κ3) is 3.96. The van der Waals surface area contributed by atoms with Gasteiger partial charge in [0.15, 0.2) is 9.84 Å². The Bertz CT molecular complexity index is 465. The first-order valence-corrected chi connectivity index (χ1v) is 7.72. The van der Waals surface area contributed by atoms with Gasteiger partial charge in [-0.05, 0) is 37.2 Å². The van der Waals surface area contributed by atoms with E-state index in [4.69, 9.17) is 0 Å². The number of nitrogens with zero attached hydrogens (tertiary/aromatic N) is 1. The highest BCUT2D eigenvalue weighted by Crippen LogP contribution is 2.18. The van der Waals surface area contributed by atoms with Crippen molar-refractivity contribution in [3.63, 3.8) is 0 Å². The van der Waals surface area contributed by atoms with Crippen molar-refractivity contribution in [3.05, 3.63) is 24.3 Å². The molecule has 1 aromatic carbocycles. The molecular formula is C12H19BrN2O2S. The largest absolute Gasteiger partial charge is 0.370 e. The van der Waals surface area contributed by atoms with E-state index in [2.05, 4.69) is 10.2 Å². The van der Waals surface area contributed by atoms with Gasteiger partial charge in [-0.25, -0.2) is 8.42 Å². The maximum atomic E-state index is 11.4. The van der Waals surface area contributed by atoms with Crippen LogP contribution < -0.4 is 10.2 Å². The Hall–Kier alpha value is -0.590. The van der Waals surface area contributed by atoms with Gasteiger partial charge in [-0.2, -0.15) is 0 Å². The maximum Gasteiger partial charge on any atom is 0.175 e. The quantitative estimate of drug-likeness (QED) is 0.889. The van der Waals surface area contributed by atoms with Crippen LogP contribution in [0.5, 0.6) is 0 Å². The molecule has 0 radical (unpaired) electrons. The van der Waals surface area contributed by atoms with Crippen LogP contribution in [0.15, 0.2) is 29.2 Å². The number of sulfone groups is 1. The molecule has 0 saturated carbocycles. The highest BCUT2D eigenvalue weighted by atomic mass is 79.9. The van der Waals surface area contributed by atoms with Gasteiger partial charge in [0.05, 0.1) is 4.90 Å². The molecule has 1 N–H and O–H groups in total. The second-order valence-corrected chi connectivity index (χ2v) is 6.37. The lowest BCUT2D eigenvalue weighted by molar-refractivity contribution is 0.602. The molecule has 1 aliphatic heterocycles. The maximum absolute atomic E-state index is 11.4. The minimum absolute atomic E-state index is 0. The van der Waals surface area contributed by atoms with Gasteiger partial charge in [0.1, 0.15) is 0 Å². The third-order valence-electron chi connectivity index (χ3n) is 2.97. The van der Waals surface area contributed by atoms with E-state index >= 15 is 0 Å². The van der Waals surface area contributed by atoms with Crippen LogP contribution >= 0.6 is 17.0 Å². The summed E-state index contributed by atoms with van der Waals surface area (Å²) in [6.07, 6.45) is 2.35. The average molecular weight is 335 g/mol. The first-order valence-electron chi connectivity index (χ1n) is 5.83. The van der Waals surface area contributed by atoms with Crippen LogP contribution in [-0.4, -0.2) is 40.9 Å². The monoisotopic (exact) mass is 334 g/mol. The van der Waals surface area contributed by atoms with Crippen molar-refractivity contribution < 1.29 is 8.42 Å². The molecule has 6 heteroatoms. The summed E-state index contributed by atoms with van der Waals surface area (Å²) in [7, 11) is -3.09. The highest BCUT2D eigenvalue weighted by molar-refractivity contribution is 8.93. The molecule has 0 aliphatic carbocycles. The number of rotatable bonds is 2. The molecule has 102 valence electrons. The van der Waals surface area contributed by atoms with E-state index in [0.717, 1.165) is 38.3 Å². The number of nitrogens with one attached hydrogen (secondary N) is 1. The molecule has 2 rings (SSSR count). The van der Waals surface area contributed by atoms with Crippen molar-refractivity contribution in [2.24, 2.45) is 0 Å². The molecule has 0 amide bonds. The molecule has 1 fully saturated rings. The van der Waals surface area contributed by atoms with Crippen molar-refractivity contribution >= 4 is 32.5 Å². The predicted octanol–water partition coefficient (Wildman–Crippen LogP) is 1.47. The van der Waals surface area contributed by atoms with Gasteiger partial charge in [0.25, 0.3) is 0 Å². The minimum Gasteiger partial charge on any atom is -0.370 e. The normalized spacial score (nSPS) is 16.8. The SMILES string of the molecule is Br.CS(=O)(=O)c1ccc(N2CCCNCC2)cc1. The Balaban J connectivity index is 0.00000162. The summed E-state index contributed by atoms with van der Waals surface area (Å²) >= 11 is 0. The second-order valence-electron chi connectivity index (χ2n) is 4.36. The van der Waals surface area contributed by atoms with E-state index in [9.17, 15) is 8.42 Å². The van der Waals surface area contributed by atoms with Gasteiger partial charge in [0, 0.05) is 31.6 Å². The van der Waals surface area contributed by atoms with Crippen molar-refractivity contribution in [2.45, 2.75) is 11.3 Å². The molecule has 0 aromatic heterocycles. The molecule has 1 aliphatic rings. The zero-order chi connectivity index (χ0) is 12.3. The summed E-state index contributed by atoms with van der Waals surface area (Å²) < 4.78 is 22.7. The summed E-state index contributed by atoms with van der Waals surface area (Å²) in [6.45, 7) is 4.02. The van der Waals surface area contributed by atoms with Gasteiger partial charge < -0.3 is 10.2 Å². The van der Waals surface area contributed by atoms with Gasteiger partial charge in [-0.15, -0.1) is 17.0 Å². The molecule has 0 spiro atoms. The van der Waals surface area contributed by atoms with Gasteiger partial charge >= 0.3 is 0 Å². The number of anilines is 1. The fourth-order valence-electron chi connectivity index (χ4n) is 2.01. The van der Waals surface area contributed by atoms with Crippen LogP contribution in [0.1, 0.15) is 6.42 Å². The van der Waals surface area contributed by atoms with E-state index in [1.807, 2.05) is 12.1 Å². The smallest absolute Gasteiger partial charge is 0.175 e. The first kappa shape index (κ1) is 15.5. The van der Waals surface area contributed by atoms with Crippen molar-refractivity contribution in [2.75, 3.05) is 37.3 Å². The average Bonchev–Trinajstić information content (AvgIpc) is 2.56. The van der Waals surface area contributed by atoms with Crippen molar-refractivity contribution in [3.8, 4) is 0 Å². The standard InChI is InChI=1S/C12H18N2O2S.BrH/c1-17(15,16)12-5-3-11(4-6-12)14-9-2-7-13-8-10-14;/h3-6,13H,2,7-10H2,1H3;1H. The molecule has 1 aromatic rings. The Morgan fingerprint density at radius 3 is 2.39 bits per heavy atom. The van der Waals surface area contributed by atoms with Gasteiger partial charge in [0.2, 0.25) is 0 Å². The van der Waals surface area contributed by atoms with E-state index in [0.29, 0.717) is 4.90 Å². The lowest BCUT2D eigenvalue weighted by atomic mass is 10.2. The van der Waals surface area contributed by atoms with E-state index < -0.39 is 9.84 Å². The Morgan fingerprint density at radius 1 is 1.11 bits per heavy atom. The summed E-state index contributed by atoms with van der Waals surface area (Å²) in [5.41, 5.74) is 1.10. The zero-order valence-electron chi connectivity index (χ0n) is 10.4. The van der Waals surface area contributed by atoms with Crippen LogP contribution in [0.2, 0.25) is 0 Å².